The first-order valence-electron chi connectivity index (χ1n) is 4.38. The van der Waals surface area contributed by atoms with Crippen LogP contribution >= 0.6 is 0 Å². The van der Waals surface area contributed by atoms with Crippen LogP contribution < -0.4 is 10.6 Å². The van der Waals surface area contributed by atoms with Gasteiger partial charge in [0.05, 0.1) is 0 Å². The molecule has 3 heteroatoms. The van der Waals surface area contributed by atoms with Gasteiger partial charge in [-0.15, -0.1) is 0 Å². The van der Waals surface area contributed by atoms with Crippen molar-refractivity contribution in [3.63, 3.8) is 0 Å². The van der Waals surface area contributed by atoms with Gasteiger partial charge in [0.25, 0.3) is 0 Å². The van der Waals surface area contributed by atoms with Gasteiger partial charge in [0.1, 0.15) is 5.82 Å². The van der Waals surface area contributed by atoms with Gasteiger partial charge in [-0.1, -0.05) is 0 Å². The van der Waals surface area contributed by atoms with E-state index in [4.69, 9.17) is 0 Å². The molecule has 12 heavy (non-hydrogen) atoms. The molecule has 0 atom stereocenters. The number of dihydropyridines is 1. The summed E-state index contributed by atoms with van der Waals surface area (Å²) in [5.74, 6) is 1.24. The molecule has 2 aliphatic heterocycles. The Bertz CT molecular complexity index is 250. The van der Waals surface area contributed by atoms with Crippen LogP contribution in [0.4, 0.5) is 0 Å². The summed E-state index contributed by atoms with van der Waals surface area (Å²) >= 11 is 0. The van der Waals surface area contributed by atoms with E-state index in [0.717, 1.165) is 19.5 Å². The van der Waals surface area contributed by atoms with Crippen LogP contribution in [0.1, 0.15) is 6.42 Å². The summed E-state index contributed by atoms with van der Waals surface area (Å²) in [7, 11) is 4.19. The van der Waals surface area contributed by atoms with Crippen LogP contribution in [0.2, 0.25) is 0 Å². The number of nitrogens with one attached hydrogen (secondary N) is 2. The molecule has 66 valence electrons. The molecule has 0 aliphatic carbocycles. The van der Waals surface area contributed by atoms with E-state index < -0.39 is 0 Å². The molecule has 0 bridgehead atoms. The predicted molar refractivity (Wildman–Crippen MR) is 49.4 cm³/mol. The SMILES string of the molecule is CN(C)C1=CCNC2=C1CCN2. The summed E-state index contributed by atoms with van der Waals surface area (Å²) in [5.41, 5.74) is 2.81. The van der Waals surface area contributed by atoms with Crippen LogP contribution in [-0.4, -0.2) is 32.1 Å². The molecule has 0 radical (unpaired) electrons. The fourth-order valence-electron chi connectivity index (χ4n) is 1.79. The maximum absolute atomic E-state index is 3.34. The van der Waals surface area contributed by atoms with Crippen molar-refractivity contribution in [2.75, 3.05) is 27.2 Å². The molecular weight excluding hydrogens is 150 g/mol. The molecule has 2 heterocycles. The molecule has 0 amide bonds. The molecule has 0 unspecified atom stereocenters. The molecular formula is C9H15N3. The van der Waals surface area contributed by atoms with E-state index in [1.54, 1.807) is 0 Å². The van der Waals surface area contributed by atoms with Crippen molar-refractivity contribution < 1.29 is 0 Å². The zero-order valence-electron chi connectivity index (χ0n) is 7.65. The fourth-order valence-corrected chi connectivity index (χ4v) is 1.79. The smallest absolute Gasteiger partial charge is 0.104 e. The molecule has 0 aromatic carbocycles. The standard InChI is InChI=1S/C9H15N3/c1-12(2)8-4-6-11-9-7(8)3-5-10-9/h4,10-11H,3,5-6H2,1-2H3. The van der Waals surface area contributed by atoms with Crippen LogP contribution in [0.5, 0.6) is 0 Å². The topological polar surface area (TPSA) is 27.3 Å². The van der Waals surface area contributed by atoms with Crippen LogP contribution in [0.25, 0.3) is 0 Å². The highest BCUT2D eigenvalue weighted by molar-refractivity contribution is 5.38. The van der Waals surface area contributed by atoms with Crippen molar-refractivity contribution in [3.8, 4) is 0 Å². The Balaban J connectivity index is 2.28. The highest BCUT2D eigenvalue weighted by atomic mass is 15.1. The van der Waals surface area contributed by atoms with E-state index in [1.807, 2.05) is 0 Å². The van der Waals surface area contributed by atoms with Gasteiger partial charge in [0, 0.05) is 38.5 Å². The zero-order valence-corrected chi connectivity index (χ0v) is 7.65. The molecule has 3 nitrogen and oxygen atoms in total. The van der Waals surface area contributed by atoms with Crippen molar-refractivity contribution >= 4 is 0 Å². The predicted octanol–water partition coefficient (Wildman–Crippen LogP) is 0.240. The Kier molecular flexibility index (Phi) is 1.71. The fraction of sp³-hybridized carbons (Fsp3) is 0.556. The van der Waals surface area contributed by atoms with Crippen LogP contribution in [0.15, 0.2) is 23.2 Å². The van der Waals surface area contributed by atoms with Gasteiger partial charge >= 0.3 is 0 Å². The highest BCUT2D eigenvalue weighted by Crippen LogP contribution is 2.24. The Morgan fingerprint density at radius 3 is 2.92 bits per heavy atom. The van der Waals surface area contributed by atoms with Gasteiger partial charge in [-0.25, -0.2) is 0 Å². The second kappa shape index (κ2) is 2.73. The molecule has 0 aromatic rings. The number of likely N-dealkylation sites (N-methyl/N-ethyl adjacent to an activating group) is 1. The Labute approximate surface area is 73.1 Å². The number of rotatable bonds is 1. The van der Waals surface area contributed by atoms with E-state index in [0.29, 0.717) is 0 Å². The Morgan fingerprint density at radius 1 is 1.33 bits per heavy atom. The van der Waals surface area contributed by atoms with Gasteiger partial charge in [-0.2, -0.15) is 0 Å². The third-order valence-electron chi connectivity index (χ3n) is 2.34. The molecule has 0 saturated heterocycles. The van der Waals surface area contributed by atoms with Crippen molar-refractivity contribution in [2.24, 2.45) is 0 Å². The second-order valence-corrected chi connectivity index (χ2v) is 3.40. The first kappa shape index (κ1) is 7.53. The lowest BCUT2D eigenvalue weighted by Crippen LogP contribution is -2.28. The van der Waals surface area contributed by atoms with Gasteiger partial charge in [-0.3, -0.25) is 0 Å². The molecule has 0 spiro atoms. The Morgan fingerprint density at radius 2 is 2.17 bits per heavy atom. The minimum atomic E-state index is 0.944. The molecule has 0 aromatic heterocycles. The van der Waals surface area contributed by atoms with Crippen molar-refractivity contribution in [3.05, 3.63) is 23.2 Å². The van der Waals surface area contributed by atoms with Gasteiger partial charge in [0.15, 0.2) is 0 Å². The monoisotopic (exact) mass is 165 g/mol. The third-order valence-corrected chi connectivity index (χ3v) is 2.34. The zero-order chi connectivity index (χ0) is 8.55. The van der Waals surface area contributed by atoms with Crippen molar-refractivity contribution in [2.45, 2.75) is 6.42 Å². The van der Waals surface area contributed by atoms with Crippen LogP contribution in [-0.2, 0) is 0 Å². The van der Waals surface area contributed by atoms with Crippen LogP contribution in [0, 0.1) is 0 Å². The number of allylic oxidation sites excluding steroid dienone is 1. The molecule has 2 aliphatic rings. The molecule has 2 N–H and O–H groups in total. The van der Waals surface area contributed by atoms with Gasteiger partial charge < -0.3 is 15.5 Å². The van der Waals surface area contributed by atoms with E-state index in [9.17, 15) is 0 Å². The summed E-state index contributed by atoms with van der Waals surface area (Å²) in [4.78, 5) is 2.18. The number of hydrogen-bond donors (Lipinski definition) is 2. The van der Waals surface area contributed by atoms with Gasteiger partial charge in [-0.05, 0) is 12.5 Å². The minimum Gasteiger partial charge on any atom is -0.378 e. The van der Waals surface area contributed by atoms with E-state index >= 15 is 0 Å². The largest absolute Gasteiger partial charge is 0.378 e. The lowest BCUT2D eigenvalue weighted by molar-refractivity contribution is 0.509. The normalized spacial score (nSPS) is 21.0. The van der Waals surface area contributed by atoms with E-state index in [2.05, 4.69) is 35.7 Å². The summed E-state index contributed by atoms with van der Waals surface area (Å²) in [6.45, 7) is 2.02. The quantitative estimate of drug-likeness (QED) is 0.583. The third kappa shape index (κ3) is 1.05. The maximum Gasteiger partial charge on any atom is 0.104 e. The number of hydrogen-bond acceptors (Lipinski definition) is 3. The van der Waals surface area contributed by atoms with E-state index in [1.165, 1.54) is 17.1 Å². The molecule has 0 fully saturated rings. The summed E-state index contributed by atoms with van der Waals surface area (Å²) < 4.78 is 0. The van der Waals surface area contributed by atoms with Gasteiger partial charge in [0.2, 0.25) is 0 Å². The first-order chi connectivity index (χ1) is 5.79. The van der Waals surface area contributed by atoms with E-state index in [-0.39, 0.29) is 0 Å². The minimum absolute atomic E-state index is 0.944. The average Bonchev–Trinajstić information content (AvgIpc) is 2.49. The summed E-state index contributed by atoms with van der Waals surface area (Å²) in [6, 6.07) is 0. The molecule has 2 rings (SSSR count). The number of nitrogens with zero attached hydrogens (tertiary/aromatic N) is 1. The maximum atomic E-state index is 3.34. The Hall–Kier alpha value is -1.12. The second-order valence-electron chi connectivity index (χ2n) is 3.40. The van der Waals surface area contributed by atoms with Crippen molar-refractivity contribution in [1.82, 2.24) is 15.5 Å². The first-order valence-corrected chi connectivity index (χ1v) is 4.38. The highest BCUT2D eigenvalue weighted by Gasteiger charge is 2.20. The summed E-state index contributed by atoms with van der Waals surface area (Å²) in [6.07, 6.45) is 3.39. The summed E-state index contributed by atoms with van der Waals surface area (Å²) in [5, 5.41) is 6.68. The lowest BCUT2D eigenvalue weighted by atomic mass is 10.1. The van der Waals surface area contributed by atoms with Crippen LogP contribution in [0.3, 0.4) is 0 Å². The lowest BCUT2D eigenvalue weighted by Gasteiger charge is -2.23. The average molecular weight is 165 g/mol. The molecule has 0 saturated carbocycles. The van der Waals surface area contributed by atoms with Crippen molar-refractivity contribution in [1.29, 1.82) is 0 Å².